The highest BCUT2D eigenvalue weighted by Crippen LogP contribution is 2.34. The molecule has 2 aliphatic rings. The van der Waals surface area contributed by atoms with Crippen LogP contribution in [0.3, 0.4) is 0 Å². The second-order valence-electron chi connectivity index (χ2n) is 7.06. The van der Waals surface area contributed by atoms with Crippen molar-refractivity contribution in [2.75, 3.05) is 13.3 Å². The van der Waals surface area contributed by atoms with E-state index in [4.69, 9.17) is 9.47 Å². The first kappa shape index (κ1) is 17.6. The third-order valence-corrected chi connectivity index (χ3v) is 4.82. The SMILES string of the molecule is Cc1nc(C)n(CCCNC(=O)N(Cc2ccc3c(c2)OCO3)C2CC2)n1. The van der Waals surface area contributed by atoms with Crippen molar-refractivity contribution in [1.29, 1.82) is 0 Å². The zero-order valence-electron chi connectivity index (χ0n) is 15.8. The third kappa shape index (κ3) is 4.15. The summed E-state index contributed by atoms with van der Waals surface area (Å²) in [6.07, 6.45) is 2.95. The minimum atomic E-state index is -0.0124. The minimum Gasteiger partial charge on any atom is -0.454 e. The number of rotatable bonds is 7. The largest absolute Gasteiger partial charge is 0.454 e. The van der Waals surface area contributed by atoms with Crippen LogP contribution in [0.5, 0.6) is 11.5 Å². The Kier molecular flexibility index (Phi) is 4.87. The maximum absolute atomic E-state index is 12.7. The van der Waals surface area contributed by atoms with Crippen LogP contribution >= 0.6 is 0 Å². The van der Waals surface area contributed by atoms with Gasteiger partial charge in [-0.05, 0) is 50.8 Å². The molecule has 1 aliphatic heterocycles. The maximum atomic E-state index is 12.7. The van der Waals surface area contributed by atoms with E-state index in [2.05, 4.69) is 15.4 Å². The first-order chi connectivity index (χ1) is 13.1. The second kappa shape index (κ2) is 7.46. The molecule has 1 aromatic heterocycles. The molecule has 0 bridgehead atoms. The van der Waals surface area contributed by atoms with E-state index in [0.717, 1.165) is 54.5 Å². The van der Waals surface area contributed by atoms with Crippen LogP contribution in [0, 0.1) is 13.8 Å². The van der Waals surface area contributed by atoms with Crippen LogP contribution < -0.4 is 14.8 Å². The summed E-state index contributed by atoms with van der Waals surface area (Å²) in [5.41, 5.74) is 1.05. The highest BCUT2D eigenvalue weighted by atomic mass is 16.7. The number of carbonyl (C=O) groups is 1. The van der Waals surface area contributed by atoms with E-state index in [1.807, 2.05) is 41.6 Å². The molecule has 2 aromatic rings. The summed E-state index contributed by atoms with van der Waals surface area (Å²) in [6.45, 7) is 6.03. The predicted octanol–water partition coefficient (Wildman–Crippen LogP) is 2.39. The molecule has 27 heavy (non-hydrogen) atoms. The van der Waals surface area contributed by atoms with Crippen molar-refractivity contribution in [2.45, 2.75) is 52.2 Å². The average Bonchev–Trinajstić information content (AvgIpc) is 3.29. The number of fused-ring (bicyclic) bond motifs is 1. The van der Waals surface area contributed by atoms with Crippen LogP contribution in [0.2, 0.25) is 0 Å². The summed E-state index contributed by atoms with van der Waals surface area (Å²) in [6, 6.07) is 6.17. The minimum absolute atomic E-state index is 0.0124. The van der Waals surface area contributed by atoms with Crippen LogP contribution in [0.1, 0.15) is 36.5 Å². The number of aromatic nitrogens is 3. The molecule has 8 nitrogen and oxygen atoms in total. The van der Waals surface area contributed by atoms with Gasteiger partial charge in [0.2, 0.25) is 6.79 Å². The highest BCUT2D eigenvalue weighted by Gasteiger charge is 2.32. The van der Waals surface area contributed by atoms with Crippen molar-refractivity contribution in [3.8, 4) is 11.5 Å². The Morgan fingerprint density at radius 1 is 1.30 bits per heavy atom. The van der Waals surface area contributed by atoms with E-state index in [-0.39, 0.29) is 12.8 Å². The predicted molar refractivity (Wildman–Crippen MR) is 98.6 cm³/mol. The molecule has 2 amide bonds. The summed E-state index contributed by atoms with van der Waals surface area (Å²) in [5.74, 6) is 3.20. The van der Waals surface area contributed by atoms with Crippen molar-refractivity contribution in [1.82, 2.24) is 25.0 Å². The Balaban J connectivity index is 1.29. The summed E-state index contributed by atoms with van der Waals surface area (Å²) in [4.78, 5) is 18.9. The Bertz CT molecular complexity index is 831. The van der Waals surface area contributed by atoms with Crippen LogP contribution in [0.4, 0.5) is 4.79 Å². The van der Waals surface area contributed by atoms with Gasteiger partial charge in [0, 0.05) is 25.7 Å². The van der Waals surface area contributed by atoms with Gasteiger partial charge in [-0.25, -0.2) is 9.78 Å². The number of nitrogens with zero attached hydrogens (tertiary/aromatic N) is 4. The highest BCUT2D eigenvalue weighted by molar-refractivity contribution is 5.75. The third-order valence-electron chi connectivity index (χ3n) is 4.82. The van der Waals surface area contributed by atoms with Crippen molar-refractivity contribution >= 4 is 6.03 Å². The maximum Gasteiger partial charge on any atom is 0.317 e. The number of aryl methyl sites for hydroxylation is 3. The van der Waals surface area contributed by atoms with Gasteiger partial charge >= 0.3 is 6.03 Å². The molecule has 4 rings (SSSR count). The van der Waals surface area contributed by atoms with Crippen LogP contribution in [0.25, 0.3) is 0 Å². The zero-order chi connectivity index (χ0) is 18.8. The fourth-order valence-corrected chi connectivity index (χ4v) is 3.29. The molecule has 1 N–H and O–H groups in total. The molecule has 144 valence electrons. The van der Waals surface area contributed by atoms with Gasteiger partial charge in [0.05, 0.1) is 0 Å². The fraction of sp³-hybridized carbons (Fsp3) is 0.526. The van der Waals surface area contributed by atoms with E-state index in [1.54, 1.807) is 0 Å². The van der Waals surface area contributed by atoms with E-state index in [1.165, 1.54) is 0 Å². The number of nitrogens with one attached hydrogen (secondary N) is 1. The van der Waals surface area contributed by atoms with Crippen molar-refractivity contribution in [3.05, 3.63) is 35.4 Å². The summed E-state index contributed by atoms with van der Waals surface area (Å²) in [7, 11) is 0. The standard InChI is InChI=1S/C19H25N5O3/c1-13-21-14(2)24(22-13)9-3-8-20-19(25)23(16-5-6-16)11-15-4-7-17-18(10-15)27-12-26-17/h4,7,10,16H,3,5-6,8-9,11-12H2,1-2H3,(H,20,25). The number of urea groups is 1. The molecule has 1 aromatic carbocycles. The van der Waals surface area contributed by atoms with Gasteiger partial charge in [-0.1, -0.05) is 6.07 Å². The molecule has 0 saturated heterocycles. The van der Waals surface area contributed by atoms with Crippen molar-refractivity contribution < 1.29 is 14.3 Å². The molecular formula is C19H25N5O3. The molecular weight excluding hydrogens is 346 g/mol. The Morgan fingerprint density at radius 3 is 2.85 bits per heavy atom. The molecule has 0 spiro atoms. The summed E-state index contributed by atoms with van der Waals surface area (Å²) < 4.78 is 12.7. The van der Waals surface area contributed by atoms with Gasteiger partial charge < -0.3 is 19.7 Å². The zero-order valence-corrected chi connectivity index (χ0v) is 15.8. The summed E-state index contributed by atoms with van der Waals surface area (Å²) >= 11 is 0. The number of carbonyl (C=O) groups excluding carboxylic acids is 1. The molecule has 1 aliphatic carbocycles. The number of benzene rings is 1. The normalized spacial score (nSPS) is 15.0. The molecule has 2 heterocycles. The monoisotopic (exact) mass is 371 g/mol. The number of amides is 2. The van der Waals surface area contributed by atoms with E-state index >= 15 is 0 Å². The average molecular weight is 371 g/mol. The molecule has 0 unspecified atom stereocenters. The number of hydrogen-bond donors (Lipinski definition) is 1. The van der Waals surface area contributed by atoms with Gasteiger partial charge in [-0.15, -0.1) is 0 Å². The van der Waals surface area contributed by atoms with Crippen LogP contribution in [-0.4, -0.2) is 45.1 Å². The number of ether oxygens (including phenoxy) is 2. The van der Waals surface area contributed by atoms with Crippen LogP contribution in [0.15, 0.2) is 18.2 Å². The van der Waals surface area contributed by atoms with Crippen LogP contribution in [-0.2, 0) is 13.1 Å². The molecule has 0 atom stereocenters. The fourth-order valence-electron chi connectivity index (χ4n) is 3.29. The van der Waals surface area contributed by atoms with Crippen molar-refractivity contribution in [3.63, 3.8) is 0 Å². The number of hydrogen-bond acceptors (Lipinski definition) is 5. The second-order valence-corrected chi connectivity index (χ2v) is 7.06. The molecule has 8 heteroatoms. The first-order valence-corrected chi connectivity index (χ1v) is 9.41. The van der Waals surface area contributed by atoms with E-state index in [0.29, 0.717) is 19.1 Å². The Labute approximate surface area is 158 Å². The molecule has 1 saturated carbocycles. The van der Waals surface area contributed by atoms with Gasteiger partial charge in [-0.2, -0.15) is 5.10 Å². The quantitative estimate of drug-likeness (QED) is 0.756. The van der Waals surface area contributed by atoms with E-state index in [9.17, 15) is 4.79 Å². The summed E-state index contributed by atoms with van der Waals surface area (Å²) in [5, 5.41) is 7.39. The van der Waals surface area contributed by atoms with Crippen molar-refractivity contribution in [2.24, 2.45) is 0 Å². The van der Waals surface area contributed by atoms with Gasteiger partial charge in [0.25, 0.3) is 0 Å². The lowest BCUT2D eigenvalue weighted by atomic mass is 10.2. The first-order valence-electron chi connectivity index (χ1n) is 9.41. The molecule has 1 fully saturated rings. The lowest BCUT2D eigenvalue weighted by Crippen LogP contribution is -2.41. The van der Waals surface area contributed by atoms with Gasteiger partial charge in [0.1, 0.15) is 11.6 Å². The topological polar surface area (TPSA) is 81.5 Å². The Hall–Kier alpha value is -2.77. The smallest absolute Gasteiger partial charge is 0.317 e. The lowest BCUT2D eigenvalue weighted by molar-refractivity contribution is 0.173. The van der Waals surface area contributed by atoms with Gasteiger partial charge in [0.15, 0.2) is 11.5 Å². The molecule has 0 radical (unpaired) electrons. The lowest BCUT2D eigenvalue weighted by Gasteiger charge is -2.23. The Morgan fingerprint density at radius 2 is 2.11 bits per heavy atom. The van der Waals surface area contributed by atoms with Gasteiger partial charge in [-0.3, -0.25) is 4.68 Å². The van der Waals surface area contributed by atoms with E-state index < -0.39 is 0 Å².